The van der Waals surface area contributed by atoms with Gasteiger partial charge >= 0.3 is 0 Å². The lowest BCUT2D eigenvalue weighted by molar-refractivity contribution is 0.595. The first-order valence-electron chi connectivity index (χ1n) is 4.18. The highest BCUT2D eigenvalue weighted by Gasteiger charge is 2.15. The normalized spacial score (nSPS) is 13.9. The summed E-state index contributed by atoms with van der Waals surface area (Å²) in [6.45, 7) is 0. The molecule has 0 aliphatic rings. The second-order valence-corrected chi connectivity index (χ2v) is 6.39. The summed E-state index contributed by atoms with van der Waals surface area (Å²) < 4.78 is 22.1. The highest BCUT2D eigenvalue weighted by Crippen LogP contribution is 2.25. The minimum absolute atomic E-state index is 0.131. The van der Waals surface area contributed by atoms with Crippen molar-refractivity contribution in [2.24, 2.45) is 5.73 Å². The summed E-state index contributed by atoms with van der Waals surface area (Å²) >= 11 is 11.6. The van der Waals surface area contributed by atoms with E-state index in [-0.39, 0.29) is 5.75 Å². The molecule has 1 rings (SSSR count). The minimum Gasteiger partial charge on any atom is -0.323 e. The topological polar surface area (TPSA) is 60.2 Å². The first-order chi connectivity index (χ1) is 6.79. The van der Waals surface area contributed by atoms with Crippen LogP contribution in [-0.4, -0.2) is 20.4 Å². The first-order valence-corrected chi connectivity index (χ1v) is 6.99. The van der Waals surface area contributed by atoms with Crippen molar-refractivity contribution in [2.75, 3.05) is 12.0 Å². The molecule has 1 aromatic rings. The maximum Gasteiger partial charge on any atom is 0.149 e. The van der Waals surface area contributed by atoms with Crippen LogP contribution < -0.4 is 5.73 Å². The number of hydrogen-bond acceptors (Lipinski definition) is 3. The Labute approximate surface area is 99.1 Å². The van der Waals surface area contributed by atoms with E-state index >= 15 is 0 Å². The molecule has 0 amide bonds. The molecule has 1 atom stereocenters. The summed E-state index contributed by atoms with van der Waals surface area (Å²) in [5.41, 5.74) is 6.31. The molecule has 15 heavy (non-hydrogen) atoms. The third-order valence-corrected chi connectivity index (χ3v) is 3.37. The third-order valence-electron chi connectivity index (χ3n) is 1.84. The molecule has 0 radical (unpaired) electrons. The van der Waals surface area contributed by atoms with Crippen LogP contribution >= 0.6 is 23.2 Å². The van der Waals surface area contributed by atoms with Gasteiger partial charge in [-0.2, -0.15) is 0 Å². The lowest BCUT2D eigenvalue weighted by atomic mass is 10.1. The van der Waals surface area contributed by atoms with Crippen molar-refractivity contribution in [2.45, 2.75) is 6.04 Å². The molecule has 2 N–H and O–H groups in total. The van der Waals surface area contributed by atoms with Gasteiger partial charge in [-0.1, -0.05) is 29.3 Å². The first kappa shape index (κ1) is 12.8. The maximum absolute atomic E-state index is 11.0. The summed E-state index contributed by atoms with van der Waals surface area (Å²) in [5.74, 6) is -0.131. The Morgan fingerprint density at radius 2 is 2.00 bits per heavy atom. The molecule has 0 fully saturated rings. The molecule has 84 valence electrons. The van der Waals surface area contributed by atoms with Crippen LogP contribution in [0.1, 0.15) is 11.6 Å². The van der Waals surface area contributed by atoms with Gasteiger partial charge < -0.3 is 5.73 Å². The fraction of sp³-hybridized carbons (Fsp3) is 0.333. The van der Waals surface area contributed by atoms with Crippen LogP contribution in [0.3, 0.4) is 0 Å². The Morgan fingerprint density at radius 1 is 1.40 bits per heavy atom. The van der Waals surface area contributed by atoms with E-state index in [0.717, 1.165) is 6.26 Å². The molecule has 0 aliphatic carbocycles. The highest BCUT2D eigenvalue weighted by atomic mass is 35.5. The molecule has 0 saturated heterocycles. The number of rotatable bonds is 3. The van der Waals surface area contributed by atoms with Crippen LogP contribution in [0.2, 0.25) is 10.0 Å². The van der Waals surface area contributed by atoms with Crippen LogP contribution in [0, 0.1) is 0 Å². The van der Waals surface area contributed by atoms with E-state index in [1.54, 1.807) is 18.2 Å². The van der Waals surface area contributed by atoms with Gasteiger partial charge in [0.15, 0.2) is 0 Å². The zero-order valence-electron chi connectivity index (χ0n) is 8.07. The van der Waals surface area contributed by atoms with E-state index < -0.39 is 15.9 Å². The summed E-state index contributed by atoms with van der Waals surface area (Å²) in [6.07, 6.45) is 1.14. The van der Waals surface area contributed by atoms with Crippen LogP contribution in [0.15, 0.2) is 18.2 Å². The van der Waals surface area contributed by atoms with Gasteiger partial charge in [-0.05, 0) is 17.7 Å². The number of benzene rings is 1. The van der Waals surface area contributed by atoms with Gasteiger partial charge in [-0.3, -0.25) is 0 Å². The van der Waals surface area contributed by atoms with Crippen molar-refractivity contribution in [3.05, 3.63) is 33.8 Å². The molecule has 1 aromatic carbocycles. The summed E-state index contributed by atoms with van der Waals surface area (Å²) in [5, 5.41) is 0.883. The van der Waals surface area contributed by atoms with Crippen LogP contribution in [0.4, 0.5) is 0 Å². The van der Waals surface area contributed by atoms with E-state index in [4.69, 9.17) is 28.9 Å². The maximum atomic E-state index is 11.0. The van der Waals surface area contributed by atoms with Gasteiger partial charge in [0.25, 0.3) is 0 Å². The summed E-state index contributed by atoms with van der Waals surface area (Å²) in [4.78, 5) is 0. The molecule has 1 unspecified atom stereocenters. The third kappa shape index (κ3) is 3.99. The van der Waals surface area contributed by atoms with E-state index in [9.17, 15) is 8.42 Å². The predicted molar refractivity (Wildman–Crippen MR) is 63.1 cm³/mol. The van der Waals surface area contributed by atoms with Crippen LogP contribution in [-0.2, 0) is 9.84 Å². The molecule has 0 saturated carbocycles. The molecule has 0 aliphatic heterocycles. The van der Waals surface area contributed by atoms with Crippen molar-refractivity contribution in [3.8, 4) is 0 Å². The second kappa shape index (κ2) is 4.70. The highest BCUT2D eigenvalue weighted by molar-refractivity contribution is 7.90. The zero-order valence-corrected chi connectivity index (χ0v) is 10.4. The van der Waals surface area contributed by atoms with E-state index in [1.807, 2.05) is 0 Å². The molecule has 0 bridgehead atoms. The Morgan fingerprint density at radius 3 is 2.47 bits per heavy atom. The fourth-order valence-electron chi connectivity index (χ4n) is 1.22. The number of halogens is 2. The van der Waals surface area contributed by atoms with Gasteiger partial charge in [0.05, 0.1) is 5.75 Å². The van der Waals surface area contributed by atoms with Crippen LogP contribution in [0.25, 0.3) is 0 Å². The van der Waals surface area contributed by atoms with Gasteiger partial charge in [0.2, 0.25) is 0 Å². The standard InChI is InChI=1S/C9H11Cl2NO2S/c1-15(13,14)5-9(12)7-3-2-6(10)4-8(7)11/h2-4,9H,5,12H2,1H3. The largest absolute Gasteiger partial charge is 0.323 e. The quantitative estimate of drug-likeness (QED) is 0.912. The summed E-state index contributed by atoms with van der Waals surface area (Å²) in [6, 6.07) is 4.19. The van der Waals surface area contributed by atoms with Gasteiger partial charge in [-0.15, -0.1) is 0 Å². The number of hydrogen-bond donors (Lipinski definition) is 1. The van der Waals surface area contributed by atoms with E-state index in [1.165, 1.54) is 0 Å². The average molecular weight is 268 g/mol. The van der Waals surface area contributed by atoms with Gasteiger partial charge in [-0.25, -0.2) is 8.42 Å². The lowest BCUT2D eigenvalue weighted by Gasteiger charge is -2.12. The average Bonchev–Trinajstić information content (AvgIpc) is 1.99. The van der Waals surface area contributed by atoms with Crippen molar-refractivity contribution < 1.29 is 8.42 Å². The Bertz CT molecular complexity index is 459. The lowest BCUT2D eigenvalue weighted by Crippen LogP contribution is -2.21. The van der Waals surface area contributed by atoms with Gasteiger partial charge in [0, 0.05) is 22.3 Å². The molecule has 6 heteroatoms. The molecule has 0 aromatic heterocycles. The monoisotopic (exact) mass is 267 g/mol. The smallest absolute Gasteiger partial charge is 0.149 e. The molecular weight excluding hydrogens is 257 g/mol. The molecule has 0 spiro atoms. The van der Waals surface area contributed by atoms with E-state index in [0.29, 0.717) is 15.6 Å². The Hall–Kier alpha value is -0.290. The Balaban J connectivity index is 2.97. The fourth-order valence-corrected chi connectivity index (χ4v) is 2.60. The van der Waals surface area contributed by atoms with E-state index in [2.05, 4.69) is 0 Å². The minimum atomic E-state index is -3.12. The van der Waals surface area contributed by atoms with Crippen molar-refractivity contribution in [1.29, 1.82) is 0 Å². The second-order valence-electron chi connectivity index (χ2n) is 3.36. The predicted octanol–water partition coefficient (Wildman–Crippen LogP) is 2.04. The Kier molecular flexibility index (Phi) is 4.00. The zero-order chi connectivity index (χ0) is 11.6. The SMILES string of the molecule is CS(=O)(=O)CC(N)c1ccc(Cl)cc1Cl. The number of sulfone groups is 1. The molecular formula is C9H11Cl2NO2S. The van der Waals surface area contributed by atoms with Crippen molar-refractivity contribution in [3.63, 3.8) is 0 Å². The molecule has 0 heterocycles. The van der Waals surface area contributed by atoms with Gasteiger partial charge in [0.1, 0.15) is 9.84 Å². The number of nitrogens with two attached hydrogens (primary N) is 1. The van der Waals surface area contributed by atoms with Crippen LogP contribution in [0.5, 0.6) is 0 Å². The summed E-state index contributed by atoms with van der Waals surface area (Å²) in [7, 11) is -3.12. The van der Waals surface area contributed by atoms with Crippen molar-refractivity contribution >= 4 is 33.0 Å². The molecule has 3 nitrogen and oxygen atoms in total. The van der Waals surface area contributed by atoms with Crippen molar-refractivity contribution in [1.82, 2.24) is 0 Å².